The molecule has 0 unspecified atom stereocenters. The zero-order chi connectivity index (χ0) is 20.9. The second-order valence-electron chi connectivity index (χ2n) is 7.74. The lowest BCUT2D eigenvalue weighted by Gasteiger charge is -2.22. The Morgan fingerprint density at radius 2 is 1.79 bits per heavy atom. The highest BCUT2D eigenvalue weighted by molar-refractivity contribution is 6.04. The fourth-order valence-electron chi connectivity index (χ4n) is 3.00. The van der Waals surface area contributed by atoms with Crippen LogP contribution in [0.25, 0.3) is 10.8 Å². The van der Waals surface area contributed by atoms with Gasteiger partial charge in [-0.15, -0.1) is 0 Å². The van der Waals surface area contributed by atoms with Crippen molar-refractivity contribution in [1.82, 2.24) is 10.3 Å². The normalized spacial score (nSPS) is 12.2. The van der Waals surface area contributed by atoms with Crippen LogP contribution in [0.4, 0.5) is 10.5 Å². The van der Waals surface area contributed by atoms with Crippen LogP contribution in [0.1, 0.15) is 32.3 Å². The Kier molecular flexibility index (Phi) is 6.12. The quantitative estimate of drug-likeness (QED) is 0.672. The Balaban J connectivity index is 1.80. The Morgan fingerprint density at radius 1 is 1.03 bits per heavy atom. The number of alkyl carbamates (subject to hydrolysis) is 1. The number of ether oxygens (including phenoxy) is 1. The van der Waals surface area contributed by atoms with Crippen molar-refractivity contribution in [2.75, 3.05) is 11.9 Å². The summed E-state index contributed by atoms with van der Waals surface area (Å²) in [4.78, 5) is 29.3. The van der Waals surface area contributed by atoms with E-state index in [1.807, 2.05) is 54.6 Å². The molecule has 0 bridgehead atoms. The summed E-state index contributed by atoms with van der Waals surface area (Å²) in [5, 5.41) is 7.55. The Labute approximate surface area is 170 Å². The first-order valence-corrected chi connectivity index (χ1v) is 9.49. The minimum absolute atomic E-state index is 0.122. The third-order valence-electron chi connectivity index (χ3n) is 4.31. The zero-order valence-electron chi connectivity index (χ0n) is 16.8. The number of benzene rings is 2. The number of pyridine rings is 1. The fourth-order valence-corrected chi connectivity index (χ4v) is 3.00. The average molecular weight is 391 g/mol. The molecular formula is C23H25N3O3. The number of anilines is 1. The molecule has 0 spiro atoms. The second-order valence-corrected chi connectivity index (χ2v) is 7.74. The Morgan fingerprint density at radius 3 is 2.52 bits per heavy atom. The number of aromatic nitrogens is 1. The molecule has 0 aliphatic carbocycles. The highest BCUT2D eigenvalue weighted by Crippen LogP contribution is 2.24. The second kappa shape index (κ2) is 8.73. The van der Waals surface area contributed by atoms with Gasteiger partial charge in [-0.1, -0.05) is 42.5 Å². The van der Waals surface area contributed by atoms with Gasteiger partial charge in [0.25, 0.3) is 0 Å². The number of carbonyl (C=O) groups excluding carboxylic acids is 2. The summed E-state index contributed by atoms with van der Waals surface area (Å²) in [5.41, 5.74) is 0.905. The number of rotatable bonds is 5. The minimum atomic E-state index is -0.606. The molecule has 6 heteroatoms. The van der Waals surface area contributed by atoms with E-state index >= 15 is 0 Å². The van der Waals surface area contributed by atoms with Crippen LogP contribution in [-0.2, 0) is 9.53 Å². The smallest absolute Gasteiger partial charge is 0.407 e. The zero-order valence-corrected chi connectivity index (χ0v) is 16.8. The van der Waals surface area contributed by atoms with Crippen molar-refractivity contribution < 1.29 is 14.3 Å². The van der Waals surface area contributed by atoms with Crippen LogP contribution in [0, 0.1) is 0 Å². The SMILES string of the molecule is CC(C)(C)OC(=O)NC[C@@H](C(=O)Nc1cccc2cnccc12)c1ccccc1. The molecule has 0 aliphatic heterocycles. The van der Waals surface area contributed by atoms with Crippen molar-refractivity contribution in [2.24, 2.45) is 0 Å². The van der Waals surface area contributed by atoms with Crippen molar-refractivity contribution >= 4 is 28.5 Å². The van der Waals surface area contributed by atoms with Crippen molar-refractivity contribution in [3.05, 3.63) is 72.6 Å². The molecule has 29 heavy (non-hydrogen) atoms. The molecule has 1 aromatic heterocycles. The third-order valence-corrected chi connectivity index (χ3v) is 4.31. The van der Waals surface area contributed by atoms with Gasteiger partial charge in [0.1, 0.15) is 5.60 Å². The van der Waals surface area contributed by atoms with E-state index in [0.29, 0.717) is 5.69 Å². The number of carbonyl (C=O) groups is 2. The average Bonchev–Trinajstić information content (AvgIpc) is 2.68. The first-order chi connectivity index (χ1) is 13.8. The predicted molar refractivity (Wildman–Crippen MR) is 114 cm³/mol. The molecule has 1 heterocycles. The van der Waals surface area contributed by atoms with Gasteiger partial charge in [0.15, 0.2) is 0 Å². The number of hydrogen-bond donors (Lipinski definition) is 2. The first-order valence-electron chi connectivity index (χ1n) is 9.49. The van der Waals surface area contributed by atoms with E-state index in [2.05, 4.69) is 15.6 Å². The van der Waals surface area contributed by atoms with Gasteiger partial charge in [0.2, 0.25) is 5.91 Å². The van der Waals surface area contributed by atoms with Crippen molar-refractivity contribution in [3.63, 3.8) is 0 Å². The largest absolute Gasteiger partial charge is 0.444 e. The van der Waals surface area contributed by atoms with Crippen LogP contribution in [0.2, 0.25) is 0 Å². The molecular weight excluding hydrogens is 366 g/mol. The van der Waals surface area contributed by atoms with Crippen LogP contribution in [0.15, 0.2) is 67.0 Å². The predicted octanol–water partition coefficient (Wildman–Crippen LogP) is 4.48. The molecule has 3 rings (SSSR count). The number of amides is 2. The summed E-state index contributed by atoms with van der Waals surface area (Å²) < 4.78 is 5.29. The van der Waals surface area contributed by atoms with E-state index in [1.54, 1.807) is 33.2 Å². The molecule has 0 radical (unpaired) electrons. The molecule has 2 aromatic carbocycles. The summed E-state index contributed by atoms with van der Waals surface area (Å²) in [6.45, 7) is 5.51. The van der Waals surface area contributed by atoms with Crippen molar-refractivity contribution in [3.8, 4) is 0 Å². The maximum absolute atomic E-state index is 13.1. The Hall–Kier alpha value is -3.41. The van der Waals surface area contributed by atoms with E-state index in [0.717, 1.165) is 16.3 Å². The fraction of sp³-hybridized carbons (Fsp3) is 0.261. The van der Waals surface area contributed by atoms with E-state index in [1.165, 1.54) is 0 Å². The first kappa shape index (κ1) is 20.3. The molecule has 2 amide bonds. The Bertz CT molecular complexity index is 992. The summed E-state index contributed by atoms with van der Waals surface area (Å²) >= 11 is 0. The lowest BCUT2D eigenvalue weighted by atomic mass is 9.97. The lowest BCUT2D eigenvalue weighted by Crippen LogP contribution is -2.37. The molecule has 0 saturated carbocycles. The molecule has 3 aromatic rings. The van der Waals surface area contributed by atoms with E-state index < -0.39 is 17.6 Å². The molecule has 0 aliphatic rings. The van der Waals surface area contributed by atoms with Gasteiger partial charge < -0.3 is 15.4 Å². The van der Waals surface area contributed by atoms with Crippen molar-refractivity contribution in [2.45, 2.75) is 32.3 Å². The van der Waals surface area contributed by atoms with Crippen LogP contribution < -0.4 is 10.6 Å². The van der Waals surface area contributed by atoms with E-state index in [9.17, 15) is 9.59 Å². The van der Waals surface area contributed by atoms with Crippen LogP contribution in [-0.4, -0.2) is 29.1 Å². The van der Waals surface area contributed by atoms with Gasteiger partial charge in [-0.2, -0.15) is 0 Å². The van der Waals surface area contributed by atoms with Crippen LogP contribution in [0.5, 0.6) is 0 Å². The monoisotopic (exact) mass is 391 g/mol. The number of fused-ring (bicyclic) bond motifs is 1. The van der Waals surface area contributed by atoms with Gasteiger partial charge in [0, 0.05) is 35.4 Å². The molecule has 6 nitrogen and oxygen atoms in total. The highest BCUT2D eigenvalue weighted by Gasteiger charge is 2.24. The summed E-state index contributed by atoms with van der Waals surface area (Å²) in [6.07, 6.45) is 2.89. The number of hydrogen-bond acceptors (Lipinski definition) is 4. The molecule has 150 valence electrons. The molecule has 1 atom stereocenters. The van der Waals surface area contributed by atoms with E-state index in [4.69, 9.17) is 4.74 Å². The maximum Gasteiger partial charge on any atom is 0.407 e. The summed E-state index contributed by atoms with van der Waals surface area (Å²) in [5.74, 6) is -0.780. The molecule has 0 fully saturated rings. The topological polar surface area (TPSA) is 80.3 Å². The number of nitrogens with one attached hydrogen (secondary N) is 2. The van der Waals surface area contributed by atoms with Gasteiger partial charge >= 0.3 is 6.09 Å². The van der Waals surface area contributed by atoms with Crippen LogP contribution >= 0.6 is 0 Å². The third kappa shape index (κ3) is 5.54. The maximum atomic E-state index is 13.1. The highest BCUT2D eigenvalue weighted by atomic mass is 16.6. The lowest BCUT2D eigenvalue weighted by molar-refractivity contribution is -0.117. The summed E-state index contributed by atoms with van der Waals surface area (Å²) in [6, 6.07) is 16.9. The summed E-state index contributed by atoms with van der Waals surface area (Å²) in [7, 11) is 0. The number of nitrogens with zero attached hydrogens (tertiary/aromatic N) is 1. The van der Waals surface area contributed by atoms with E-state index in [-0.39, 0.29) is 12.5 Å². The minimum Gasteiger partial charge on any atom is -0.444 e. The van der Waals surface area contributed by atoms with Gasteiger partial charge in [-0.25, -0.2) is 4.79 Å². The van der Waals surface area contributed by atoms with Crippen LogP contribution in [0.3, 0.4) is 0 Å². The van der Waals surface area contributed by atoms with Gasteiger partial charge in [0.05, 0.1) is 5.92 Å². The molecule has 2 N–H and O–H groups in total. The van der Waals surface area contributed by atoms with Crippen molar-refractivity contribution in [1.29, 1.82) is 0 Å². The van der Waals surface area contributed by atoms with Gasteiger partial charge in [-0.05, 0) is 38.5 Å². The van der Waals surface area contributed by atoms with Gasteiger partial charge in [-0.3, -0.25) is 9.78 Å². The standard InChI is InChI=1S/C23H25N3O3/c1-23(2,3)29-22(28)25-15-19(16-8-5-4-6-9-16)21(27)26-20-11-7-10-17-14-24-13-12-18(17)20/h4-14,19H,15H2,1-3H3,(H,25,28)(H,26,27)/t19-/m1/s1. The molecule has 0 saturated heterocycles.